The molecule has 2 aromatic rings. The van der Waals surface area contributed by atoms with Crippen molar-refractivity contribution in [2.75, 3.05) is 0 Å². The predicted octanol–water partition coefficient (Wildman–Crippen LogP) is 2.49. The molecule has 0 aliphatic rings. The maximum absolute atomic E-state index is 12.8. The fourth-order valence-electron chi connectivity index (χ4n) is 2.77. The van der Waals surface area contributed by atoms with Gasteiger partial charge in [0, 0.05) is 6.54 Å². The zero-order valence-electron chi connectivity index (χ0n) is 14.2. The van der Waals surface area contributed by atoms with E-state index in [2.05, 4.69) is 0 Å². The van der Waals surface area contributed by atoms with E-state index in [9.17, 15) is 19.7 Å². The first-order valence-corrected chi connectivity index (χ1v) is 7.81. The monoisotopic (exact) mass is 331 g/mol. The van der Waals surface area contributed by atoms with Gasteiger partial charge in [-0.3, -0.25) is 19.5 Å². The van der Waals surface area contributed by atoms with Crippen LogP contribution in [0.3, 0.4) is 0 Å². The normalized spacial score (nSPS) is 12.4. The highest BCUT2D eigenvalue weighted by atomic mass is 16.6. The van der Waals surface area contributed by atoms with Gasteiger partial charge in [0.25, 0.3) is 0 Å². The summed E-state index contributed by atoms with van der Waals surface area (Å²) in [6.45, 7) is 7.27. The lowest BCUT2D eigenvalue weighted by Crippen LogP contribution is -2.44. The molecule has 0 spiro atoms. The molecule has 24 heavy (non-hydrogen) atoms. The van der Waals surface area contributed by atoms with Crippen molar-refractivity contribution in [2.45, 2.75) is 40.3 Å². The van der Waals surface area contributed by atoms with Crippen molar-refractivity contribution in [3.63, 3.8) is 0 Å². The van der Waals surface area contributed by atoms with Crippen molar-refractivity contribution in [1.82, 2.24) is 9.13 Å². The zero-order chi connectivity index (χ0) is 18.0. The van der Waals surface area contributed by atoms with E-state index in [1.165, 1.54) is 11.5 Å². The smallest absolute Gasteiger partial charge is 0.291 e. The van der Waals surface area contributed by atoms with Gasteiger partial charge < -0.3 is 0 Å². The Kier molecular flexibility index (Phi) is 5.02. The number of benzene rings is 1. The molecule has 0 aliphatic carbocycles. The maximum Gasteiger partial charge on any atom is 0.353 e. The fourth-order valence-corrected chi connectivity index (χ4v) is 2.77. The van der Waals surface area contributed by atoms with Gasteiger partial charge in [0.1, 0.15) is 5.69 Å². The van der Waals surface area contributed by atoms with Crippen molar-refractivity contribution in [2.24, 2.45) is 5.92 Å². The Morgan fingerprint density at radius 2 is 1.71 bits per heavy atom. The van der Waals surface area contributed by atoms with Gasteiger partial charge in [-0.25, -0.2) is 9.36 Å². The molecule has 0 radical (unpaired) electrons. The largest absolute Gasteiger partial charge is 0.353 e. The van der Waals surface area contributed by atoms with Crippen molar-refractivity contribution in [3.8, 4) is 0 Å². The molecule has 0 bridgehead atoms. The van der Waals surface area contributed by atoms with E-state index < -0.39 is 27.9 Å². The fraction of sp³-hybridized carbons (Fsp3) is 0.412. The van der Waals surface area contributed by atoms with Crippen LogP contribution in [0.2, 0.25) is 0 Å². The lowest BCUT2D eigenvalue weighted by molar-refractivity contribution is -0.387. The molecule has 128 valence electrons. The molecule has 2 rings (SSSR count). The number of hydrogen-bond donors (Lipinski definition) is 0. The number of aromatic nitrogens is 2. The van der Waals surface area contributed by atoms with Crippen LogP contribution in [0, 0.1) is 23.0 Å². The summed E-state index contributed by atoms with van der Waals surface area (Å²) in [4.78, 5) is 36.1. The molecular weight excluding hydrogens is 310 g/mol. The number of rotatable bonds is 5. The van der Waals surface area contributed by atoms with Crippen LogP contribution < -0.4 is 11.2 Å². The first-order valence-electron chi connectivity index (χ1n) is 7.81. The summed E-state index contributed by atoms with van der Waals surface area (Å²) >= 11 is 0. The van der Waals surface area contributed by atoms with Crippen LogP contribution in [-0.4, -0.2) is 14.1 Å². The third-order valence-corrected chi connectivity index (χ3v) is 4.01. The van der Waals surface area contributed by atoms with Crippen LogP contribution in [0.15, 0.2) is 39.9 Å². The molecule has 0 fully saturated rings. The summed E-state index contributed by atoms with van der Waals surface area (Å²) in [6, 6.07) is 8.40. The highest BCUT2D eigenvalue weighted by Crippen LogP contribution is 2.17. The Hall–Kier alpha value is -2.70. The summed E-state index contributed by atoms with van der Waals surface area (Å²) in [5.41, 5.74) is -1.09. The van der Waals surface area contributed by atoms with Crippen LogP contribution in [-0.2, 0) is 6.54 Å². The first-order chi connectivity index (χ1) is 11.3. The van der Waals surface area contributed by atoms with E-state index in [0.717, 1.165) is 10.1 Å². The topological polar surface area (TPSA) is 87.1 Å². The van der Waals surface area contributed by atoms with Gasteiger partial charge in [-0.2, -0.15) is 0 Å². The molecule has 7 nitrogen and oxygen atoms in total. The highest BCUT2D eigenvalue weighted by molar-refractivity contribution is 5.33. The number of nitro groups is 1. The Bertz CT molecular complexity index is 866. The molecule has 0 saturated carbocycles. The number of hydrogen-bond acceptors (Lipinski definition) is 4. The first kappa shape index (κ1) is 17.7. The molecule has 0 amide bonds. The van der Waals surface area contributed by atoms with Gasteiger partial charge in [-0.15, -0.1) is 0 Å². The van der Waals surface area contributed by atoms with E-state index >= 15 is 0 Å². The van der Waals surface area contributed by atoms with Crippen LogP contribution >= 0.6 is 0 Å². The lowest BCUT2D eigenvalue weighted by Gasteiger charge is -2.19. The van der Waals surface area contributed by atoms with E-state index in [0.29, 0.717) is 6.54 Å². The molecule has 1 atom stereocenters. The van der Waals surface area contributed by atoms with Gasteiger partial charge in [-0.05, 0) is 25.3 Å². The minimum Gasteiger partial charge on any atom is -0.291 e. The minimum absolute atomic E-state index is 0.0974. The molecule has 1 aromatic carbocycles. The maximum atomic E-state index is 12.8. The lowest BCUT2D eigenvalue weighted by atomic mass is 10.1. The summed E-state index contributed by atoms with van der Waals surface area (Å²) < 4.78 is 2.30. The summed E-state index contributed by atoms with van der Waals surface area (Å²) in [5.74, 6) is 0.110. The Morgan fingerprint density at radius 1 is 1.12 bits per heavy atom. The summed E-state index contributed by atoms with van der Waals surface area (Å²) in [7, 11) is 0. The average molecular weight is 331 g/mol. The van der Waals surface area contributed by atoms with Gasteiger partial charge in [0.15, 0.2) is 0 Å². The van der Waals surface area contributed by atoms with Gasteiger partial charge in [-0.1, -0.05) is 44.2 Å². The van der Waals surface area contributed by atoms with Crippen molar-refractivity contribution in [1.29, 1.82) is 0 Å². The van der Waals surface area contributed by atoms with E-state index in [1.807, 2.05) is 19.9 Å². The second-order valence-electron chi connectivity index (χ2n) is 6.24. The standard InChI is InChI=1S/C17H21N3O4/c1-11(2)10-18-13(4)15(20(23)24)16(21)19(17(18)22)12(3)14-8-6-5-7-9-14/h5-9,11-12H,10H2,1-4H3. The highest BCUT2D eigenvalue weighted by Gasteiger charge is 2.27. The minimum atomic E-state index is -0.862. The van der Waals surface area contributed by atoms with Crippen LogP contribution in [0.25, 0.3) is 0 Å². The molecule has 0 saturated heterocycles. The molecule has 0 aliphatic heterocycles. The molecular formula is C17H21N3O4. The van der Waals surface area contributed by atoms with Crippen molar-refractivity contribution in [3.05, 3.63) is 72.5 Å². The van der Waals surface area contributed by atoms with Gasteiger partial charge in [0.05, 0.1) is 11.0 Å². The second-order valence-corrected chi connectivity index (χ2v) is 6.24. The third-order valence-electron chi connectivity index (χ3n) is 4.01. The van der Waals surface area contributed by atoms with Crippen molar-refractivity contribution < 1.29 is 4.92 Å². The predicted molar refractivity (Wildman–Crippen MR) is 91.4 cm³/mol. The molecule has 7 heteroatoms. The summed E-state index contributed by atoms with van der Waals surface area (Å²) in [6.07, 6.45) is 0. The van der Waals surface area contributed by atoms with Crippen LogP contribution in [0.4, 0.5) is 5.69 Å². The average Bonchev–Trinajstić information content (AvgIpc) is 2.51. The Labute approximate surface area is 139 Å². The van der Waals surface area contributed by atoms with E-state index in [-0.39, 0.29) is 11.6 Å². The van der Waals surface area contributed by atoms with Gasteiger partial charge >= 0.3 is 16.9 Å². The zero-order valence-corrected chi connectivity index (χ0v) is 14.2. The molecule has 1 heterocycles. The summed E-state index contributed by atoms with van der Waals surface area (Å²) in [5, 5.41) is 11.4. The van der Waals surface area contributed by atoms with E-state index in [1.54, 1.807) is 31.2 Å². The molecule has 1 aromatic heterocycles. The van der Waals surface area contributed by atoms with E-state index in [4.69, 9.17) is 0 Å². The van der Waals surface area contributed by atoms with Crippen molar-refractivity contribution >= 4 is 5.69 Å². The SMILES string of the molecule is Cc1c([N+](=O)[O-])c(=O)n(C(C)c2ccccc2)c(=O)n1CC(C)C. The number of nitrogens with zero attached hydrogens (tertiary/aromatic N) is 3. The molecule has 1 unspecified atom stereocenters. The Balaban J connectivity index is 2.80. The third kappa shape index (κ3) is 3.15. The van der Waals surface area contributed by atoms with Crippen LogP contribution in [0.1, 0.15) is 38.1 Å². The van der Waals surface area contributed by atoms with Crippen LogP contribution in [0.5, 0.6) is 0 Å². The molecule has 0 N–H and O–H groups in total. The Morgan fingerprint density at radius 3 is 2.21 bits per heavy atom. The quantitative estimate of drug-likeness (QED) is 0.622. The second kappa shape index (κ2) is 6.82. The van der Waals surface area contributed by atoms with Gasteiger partial charge in [0.2, 0.25) is 0 Å².